The molecule has 0 amide bonds. The van der Waals surface area contributed by atoms with Gasteiger partial charge in [-0.2, -0.15) is 4.98 Å². The molecule has 0 saturated heterocycles. The molecule has 2 aromatic carbocycles. The Morgan fingerprint density at radius 2 is 2.21 bits per heavy atom. The van der Waals surface area contributed by atoms with E-state index in [1.807, 2.05) is 0 Å². The van der Waals surface area contributed by atoms with Gasteiger partial charge in [0.25, 0.3) is 6.01 Å². The highest BCUT2D eigenvalue weighted by molar-refractivity contribution is 6.30. The summed E-state index contributed by atoms with van der Waals surface area (Å²) in [6.45, 7) is 0. The first-order valence-electron chi connectivity index (χ1n) is 6.88. The molecule has 8 heteroatoms. The highest BCUT2D eigenvalue weighted by atomic mass is 35.5. The summed E-state index contributed by atoms with van der Waals surface area (Å²) in [6, 6.07) is 7.86. The topological polar surface area (TPSA) is 84.6 Å². The summed E-state index contributed by atoms with van der Waals surface area (Å²) in [5, 5.41) is 12.2. The number of anilines is 2. The van der Waals surface area contributed by atoms with Gasteiger partial charge >= 0.3 is 5.97 Å². The average molecular weight is 351 g/mol. The van der Waals surface area contributed by atoms with E-state index in [-0.39, 0.29) is 22.7 Å². The predicted molar refractivity (Wildman–Crippen MR) is 86.6 cm³/mol. The van der Waals surface area contributed by atoms with E-state index in [1.54, 1.807) is 18.2 Å². The van der Waals surface area contributed by atoms with Crippen LogP contribution in [0.15, 0.2) is 34.7 Å². The summed E-state index contributed by atoms with van der Waals surface area (Å²) in [5.74, 6) is -1.40. The van der Waals surface area contributed by atoms with E-state index in [2.05, 4.69) is 10.3 Å². The summed E-state index contributed by atoms with van der Waals surface area (Å²) >= 11 is 5.90. The summed E-state index contributed by atoms with van der Waals surface area (Å²) in [6.07, 6.45) is -0.434. The van der Waals surface area contributed by atoms with Crippen LogP contribution in [0.4, 0.5) is 16.1 Å². The molecule has 24 heavy (non-hydrogen) atoms. The molecule has 0 atom stereocenters. The van der Waals surface area contributed by atoms with Gasteiger partial charge < -0.3 is 19.6 Å². The lowest BCUT2D eigenvalue weighted by atomic mass is 10.1. The number of methoxy groups -OCH3 is 1. The van der Waals surface area contributed by atoms with Crippen LogP contribution in [0.1, 0.15) is 5.56 Å². The van der Waals surface area contributed by atoms with Crippen LogP contribution in [0, 0.1) is 5.82 Å². The molecule has 3 aromatic rings. The summed E-state index contributed by atoms with van der Waals surface area (Å²) in [5.41, 5.74) is 0.739. The third-order valence-corrected chi connectivity index (χ3v) is 3.56. The minimum absolute atomic E-state index is 0.0294. The zero-order chi connectivity index (χ0) is 17.3. The molecule has 3 rings (SSSR count). The van der Waals surface area contributed by atoms with Crippen LogP contribution >= 0.6 is 11.6 Å². The van der Waals surface area contributed by atoms with E-state index in [0.29, 0.717) is 16.5 Å². The van der Waals surface area contributed by atoms with Crippen molar-refractivity contribution in [1.82, 2.24) is 4.98 Å². The Balaban J connectivity index is 1.97. The average Bonchev–Trinajstić information content (AvgIpc) is 2.95. The highest BCUT2D eigenvalue weighted by Gasteiger charge is 2.17. The molecule has 1 aromatic heterocycles. The van der Waals surface area contributed by atoms with Crippen LogP contribution in [-0.4, -0.2) is 23.2 Å². The normalized spacial score (nSPS) is 10.8. The number of nitrogens with one attached hydrogen (secondary N) is 1. The van der Waals surface area contributed by atoms with Crippen molar-refractivity contribution >= 4 is 40.4 Å². The fourth-order valence-corrected chi connectivity index (χ4v) is 2.40. The zero-order valence-electron chi connectivity index (χ0n) is 12.5. The lowest BCUT2D eigenvalue weighted by Gasteiger charge is -2.08. The van der Waals surface area contributed by atoms with Crippen molar-refractivity contribution < 1.29 is 23.4 Å². The molecular formula is C16H12ClFN2O4. The van der Waals surface area contributed by atoms with Crippen molar-refractivity contribution in [2.75, 3.05) is 12.4 Å². The monoisotopic (exact) mass is 350 g/mol. The Hall–Kier alpha value is -2.80. The molecule has 124 valence electrons. The second-order valence-corrected chi connectivity index (χ2v) is 5.38. The van der Waals surface area contributed by atoms with Crippen LogP contribution < -0.4 is 10.1 Å². The number of fused-ring (bicyclic) bond motifs is 1. The van der Waals surface area contributed by atoms with Gasteiger partial charge in [-0.15, -0.1) is 0 Å². The van der Waals surface area contributed by atoms with Crippen molar-refractivity contribution in [3.8, 4) is 5.75 Å². The molecule has 0 bridgehead atoms. The molecule has 0 saturated carbocycles. The molecule has 0 unspecified atom stereocenters. The number of aromatic nitrogens is 1. The fourth-order valence-electron chi connectivity index (χ4n) is 2.24. The van der Waals surface area contributed by atoms with Crippen LogP contribution in [0.5, 0.6) is 5.75 Å². The van der Waals surface area contributed by atoms with Gasteiger partial charge in [-0.3, -0.25) is 4.79 Å². The van der Waals surface area contributed by atoms with E-state index in [9.17, 15) is 9.18 Å². The Morgan fingerprint density at radius 1 is 1.42 bits per heavy atom. The van der Waals surface area contributed by atoms with Crippen LogP contribution in [0.2, 0.25) is 5.02 Å². The van der Waals surface area contributed by atoms with Gasteiger partial charge in [-0.25, -0.2) is 4.39 Å². The van der Waals surface area contributed by atoms with E-state index in [0.717, 1.165) is 0 Å². The van der Waals surface area contributed by atoms with Gasteiger partial charge in [0.05, 0.1) is 19.2 Å². The minimum atomic E-state index is -1.13. The number of aliphatic carboxylic acids is 1. The molecule has 1 heterocycles. The summed E-state index contributed by atoms with van der Waals surface area (Å²) in [4.78, 5) is 14.9. The van der Waals surface area contributed by atoms with Gasteiger partial charge in [-0.05, 0) is 18.2 Å². The van der Waals surface area contributed by atoms with Gasteiger partial charge in [0.15, 0.2) is 11.4 Å². The van der Waals surface area contributed by atoms with E-state index < -0.39 is 18.2 Å². The molecule has 0 spiro atoms. The molecule has 0 fully saturated rings. The van der Waals surface area contributed by atoms with E-state index in [1.165, 1.54) is 19.2 Å². The maximum Gasteiger partial charge on any atom is 0.307 e. The first-order chi connectivity index (χ1) is 11.5. The predicted octanol–water partition coefficient (Wildman–Crippen LogP) is 4.00. The zero-order valence-corrected chi connectivity index (χ0v) is 13.2. The molecule has 6 nitrogen and oxygen atoms in total. The van der Waals surface area contributed by atoms with Crippen LogP contribution in [0.3, 0.4) is 0 Å². The number of carbonyl (C=O) groups is 1. The third kappa shape index (κ3) is 3.11. The maximum absolute atomic E-state index is 14.3. The van der Waals surface area contributed by atoms with Gasteiger partial charge in [0.2, 0.25) is 0 Å². The number of rotatable bonds is 5. The largest absolute Gasteiger partial charge is 0.495 e. The molecular weight excluding hydrogens is 339 g/mol. The quantitative estimate of drug-likeness (QED) is 0.723. The fraction of sp³-hybridized carbons (Fsp3) is 0.125. The van der Waals surface area contributed by atoms with Gasteiger partial charge in [-0.1, -0.05) is 17.7 Å². The number of carboxylic acid groups (broad SMARTS) is 1. The lowest BCUT2D eigenvalue weighted by Crippen LogP contribution is -2.02. The number of halogens is 2. The number of benzene rings is 2. The van der Waals surface area contributed by atoms with Crippen molar-refractivity contribution in [2.45, 2.75) is 6.42 Å². The Kier molecular flexibility index (Phi) is 4.26. The number of hydrogen-bond donors (Lipinski definition) is 2. The second kappa shape index (κ2) is 6.37. The van der Waals surface area contributed by atoms with Crippen molar-refractivity contribution in [2.24, 2.45) is 0 Å². The first-order valence-corrected chi connectivity index (χ1v) is 7.26. The highest BCUT2D eigenvalue weighted by Crippen LogP contribution is 2.32. The molecule has 0 aliphatic heterocycles. The lowest BCUT2D eigenvalue weighted by molar-refractivity contribution is -0.136. The Labute approximate surface area is 140 Å². The SMILES string of the molecule is COc1cc(Cl)ccc1Nc1nc2ccc(CC(=O)O)c(F)c2o1. The maximum atomic E-state index is 14.3. The van der Waals surface area contributed by atoms with E-state index >= 15 is 0 Å². The van der Waals surface area contributed by atoms with Crippen molar-refractivity contribution in [3.05, 3.63) is 46.7 Å². The minimum Gasteiger partial charge on any atom is -0.495 e. The number of carboxylic acids is 1. The Bertz CT molecular complexity index is 926. The smallest absolute Gasteiger partial charge is 0.307 e. The summed E-state index contributed by atoms with van der Waals surface area (Å²) in [7, 11) is 1.49. The van der Waals surface area contributed by atoms with Crippen LogP contribution in [0.25, 0.3) is 11.1 Å². The van der Waals surface area contributed by atoms with E-state index in [4.69, 9.17) is 25.9 Å². The van der Waals surface area contributed by atoms with Gasteiger partial charge in [0, 0.05) is 16.7 Å². The Morgan fingerprint density at radius 3 is 2.92 bits per heavy atom. The molecule has 2 N–H and O–H groups in total. The number of oxazole rings is 1. The molecule has 0 aliphatic carbocycles. The number of nitrogens with zero attached hydrogens (tertiary/aromatic N) is 1. The van der Waals surface area contributed by atoms with Crippen LogP contribution in [-0.2, 0) is 11.2 Å². The molecule has 0 aliphatic rings. The number of ether oxygens (including phenoxy) is 1. The third-order valence-electron chi connectivity index (χ3n) is 3.32. The first kappa shape index (κ1) is 16.1. The van der Waals surface area contributed by atoms with Gasteiger partial charge in [0.1, 0.15) is 11.3 Å². The standard InChI is InChI=1S/C16H12ClFN2O4/c1-23-12-7-9(17)3-5-10(12)19-16-20-11-4-2-8(6-13(21)22)14(18)15(11)24-16/h2-5,7H,6H2,1H3,(H,19,20)(H,21,22). The van der Waals surface area contributed by atoms with Crippen molar-refractivity contribution in [1.29, 1.82) is 0 Å². The second-order valence-electron chi connectivity index (χ2n) is 4.95. The summed E-state index contributed by atoms with van der Waals surface area (Å²) < 4.78 is 24.9. The molecule has 0 radical (unpaired) electrons. The number of hydrogen-bond acceptors (Lipinski definition) is 5. The van der Waals surface area contributed by atoms with Crippen molar-refractivity contribution in [3.63, 3.8) is 0 Å².